The van der Waals surface area contributed by atoms with E-state index >= 15 is 0 Å². The number of carbonyl (C=O) groups is 1. The van der Waals surface area contributed by atoms with E-state index in [2.05, 4.69) is 4.98 Å². The lowest BCUT2D eigenvalue weighted by Gasteiger charge is -2.27. The highest BCUT2D eigenvalue weighted by molar-refractivity contribution is 5.96. The van der Waals surface area contributed by atoms with Crippen molar-refractivity contribution >= 4 is 5.91 Å². The normalized spacial score (nSPS) is 16.5. The standard InChI is InChI=1S/C13H18N2O3/c1-15(9-10-3-6-18-7-4-10)13(17)11-2-5-14-8-12(11)16/h2,5,8,10,16H,3-4,6-7,9H2,1H3. The van der Waals surface area contributed by atoms with Crippen molar-refractivity contribution in [1.29, 1.82) is 0 Å². The van der Waals surface area contributed by atoms with Gasteiger partial charge in [0.1, 0.15) is 5.75 Å². The first-order valence-electron chi connectivity index (χ1n) is 6.14. The third-order valence-electron chi connectivity index (χ3n) is 3.25. The number of hydrogen-bond donors (Lipinski definition) is 1. The lowest BCUT2D eigenvalue weighted by atomic mass is 9.99. The largest absolute Gasteiger partial charge is 0.505 e. The molecule has 98 valence electrons. The molecule has 0 aromatic carbocycles. The van der Waals surface area contributed by atoms with Gasteiger partial charge in [-0.05, 0) is 24.8 Å². The van der Waals surface area contributed by atoms with Gasteiger partial charge in [0.25, 0.3) is 5.91 Å². The zero-order valence-corrected chi connectivity index (χ0v) is 10.5. The van der Waals surface area contributed by atoms with E-state index in [1.807, 2.05) is 0 Å². The molecule has 1 saturated heterocycles. The van der Waals surface area contributed by atoms with Crippen molar-refractivity contribution in [2.45, 2.75) is 12.8 Å². The summed E-state index contributed by atoms with van der Waals surface area (Å²) in [5, 5.41) is 9.61. The van der Waals surface area contributed by atoms with Crippen molar-refractivity contribution in [2.75, 3.05) is 26.8 Å². The second-order valence-electron chi connectivity index (χ2n) is 4.63. The molecule has 0 radical (unpaired) electrons. The zero-order chi connectivity index (χ0) is 13.0. The van der Waals surface area contributed by atoms with E-state index in [-0.39, 0.29) is 11.7 Å². The van der Waals surface area contributed by atoms with Gasteiger partial charge < -0.3 is 14.7 Å². The van der Waals surface area contributed by atoms with Crippen LogP contribution in [0.3, 0.4) is 0 Å². The summed E-state index contributed by atoms with van der Waals surface area (Å²) < 4.78 is 5.29. The van der Waals surface area contributed by atoms with Crippen LogP contribution in [-0.2, 0) is 4.74 Å². The smallest absolute Gasteiger partial charge is 0.257 e. The minimum atomic E-state index is -0.165. The molecule has 0 saturated carbocycles. The average molecular weight is 250 g/mol. The fourth-order valence-electron chi connectivity index (χ4n) is 2.17. The molecule has 1 aromatic rings. The van der Waals surface area contributed by atoms with Crippen molar-refractivity contribution in [1.82, 2.24) is 9.88 Å². The predicted molar refractivity (Wildman–Crippen MR) is 66.4 cm³/mol. The summed E-state index contributed by atoms with van der Waals surface area (Å²) >= 11 is 0. The van der Waals surface area contributed by atoms with Gasteiger partial charge in [0.2, 0.25) is 0 Å². The van der Waals surface area contributed by atoms with E-state index < -0.39 is 0 Å². The van der Waals surface area contributed by atoms with Crippen LogP contribution in [0.15, 0.2) is 18.5 Å². The fraction of sp³-hybridized carbons (Fsp3) is 0.538. The highest BCUT2D eigenvalue weighted by Gasteiger charge is 2.21. The third-order valence-corrected chi connectivity index (χ3v) is 3.25. The molecule has 1 amide bonds. The van der Waals surface area contributed by atoms with Crippen LogP contribution in [0.4, 0.5) is 0 Å². The van der Waals surface area contributed by atoms with E-state index in [1.54, 1.807) is 11.9 Å². The summed E-state index contributed by atoms with van der Waals surface area (Å²) in [7, 11) is 1.76. The molecule has 0 bridgehead atoms. The van der Waals surface area contributed by atoms with Gasteiger partial charge in [-0.1, -0.05) is 0 Å². The molecule has 5 heteroatoms. The highest BCUT2D eigenvalue weighted by Crippen LogP contribution is 2.19. The number of ether oxygens (including phenoxy) is 1. The van der Waals surface area contributed by atoms with Gasteiger partial charge in [0, 0.05) is 33.0 Å². The van der Waals surface area contributed by atoms with Gasteiger partial charge in [0.15, 0.2) is 0 Å². The van der Waals surface area contributed by atoms with E-state index in [1.165, 1.54) is 18.5 Å². The highest BCUT2D eigenvalue weighted by atomic mass is 16.5. The number of aromatic nitrogens is 1. The molecule has 0 atom stereocenters. The Morgan fingerprint density at radius 2 is 2.28 bits per heavy atom. The lowest BCUT2D eigenvalue weighted by Crippen LogP contribution is -2.34. The molecule has 2 rings (SSSR count). The first kappa shape index (κ1) is 12.8. The minimum absolute atomic E-state index is 0.0682. The van der Waals surface area contributed by atoms with E-state index in [4.69, 9.17) is 4.74 Å². The topological polar surface area (TPSA) is 62.7 Å². The number of nitrogens with zero attached hydrogens (tertiary/aromatic N) is 2. The first-order valence-corrected chi connectivity index (χ1v) is 6.14. The number of aromatic hydroxyl groups is 1. The summed E-state index contributed by atoms with van der Waals surface area (Å²) in [6, 6.07) is 1.54. The van der Waals surface area contributed by atoms with Gasteiger partial charge in [0.05, 0.1) is 11.8 Å². The molecule has 5 nitrogen and oxygen atoms in total. The van der Waals surface area contributed by atoms with Crippen LogP contribution in [-0.4, -0.2) is 47.7 Å². The summed E-state index contributed by atoms with van der Waals surface area (Å²) in [5.41, 5.74) is 0.305. The molecule has 0 unspecified atom stereocenters. The molecular formula is C13H18N2O3. The molecule has 1 aromatic heterocycles. The molecule has 1 aliphatic heterocycles. The molecule has 1 aliphatic rings. The molecular weight excluding hydrogens is 232 g/mol. The van der Waals surface area contributed by atoms with Crippen molar-refractivity contribution in [3.63, 3.8) is 0 Å². The van der Waals surface area contributed by atoms with Crippen LogP contribution in [0, 0.1) is 5.92 Å². The van der Waals surface area contributed by atoms with Crippen molar-refractivity contribution in [3.05, 3.63) is 24.0 Å². The Bertz CT molecular complexity index is 416. The van der Waals surface area contributed by atoms with E-state index in [0.29, 0.717) is 18.0 Å². The van der Waals surface area contributed by atoms with Crippen molar-refractivity contribution < 1.29 is 14.6 Å². The van der Waals surface area contributed by atoms with Gasteiger partial charge in [-0.3, -0.25) is 9.78 Å². The van der Waals surface area contributed by atoms with Gasteiger partial charge in [-0.15, -0.1) is 0 Å². The Morgan fingerprint density at radius 3 is 2.94 bits per heavy atom. The number of amides is 1. The maximum atomic E-state index is 12.1. The molecule has 2 heterocycles. The maximum absolute atomic E-state index is 12.1. The maximum Gasteiger partial charge on any atom is 0.257 e. The zero-order valence-electron chi connectivity index (χ0n) is 10.5. The Balaban J connectivity index is 1.98. The average Bonchev–Trinajstić information content (AvgIpc) is 2.39. The van der Waals surface area contributed by atoms with Crippen LogP contribution in [0.25, 0.3) is 0 Å². The van der Waals surface area contributed by atoms with Gasteiger partial charge in [-0.25, -0.2) is 0 Å². The van der Waals surface area contributed by atoms with Crippen molar-refractivity contribution in [2.24, 2.45) is 5.92 Å². The monoisotopic (exact) mass is 250 g/mol. The van der Waals surface area contributed by atoms with Crippen LogP contribution in [0.5, 0.6) is 5.75 Å². The number of pyridine rings is 1. The molecule has 1 fully saturated rings. The minimum Gasteiger partial charge on any atom is -0.505 e. The summed E-state index contributed by atoms with van der Waals surface area (Å²) in [4.78, 5) is 17.6. The van der Waals surface area contributed by atoms with Crippen LogP contribution in [0.1, 0.15) is 23.2 Å². The molecule has 0 aliphatic carbocycles. The number of hydrogen-bond acceptors (Lipinski definition) is 4. The van der Waals surface area contributed by atoms with E-state index in [0.717, 1.165) is 26.1 Å². The van der Waals surface area contributed by atoms with Crippen molar-refractivity contribution in [3.8, 4) is 5.75 Å². The van der Waals surface area contributed by atoms with Gasteiger partial charge in [-0.2, -0.15) is 0 Å². The Morgan fingerprint density at radius 1 is 1.56 bits per heavy atom. The first-order chi connectivity index (χ1) is 8.68. The molecule has 18 heavy (non-hydrogen) atoms. The lowest BCUT2D eigenvalue weighted by molar-refractivity contribution is 0.0496. The Hall–Kier alpha value is -1.62. The SMILES string of the molecule is CN(CC1CCOCC1)C(=O)c1ccncc1O. The summed E-state index contributed by atoms with van der Waals surface area (Å²) in [6.07, 6.45) is 4.77. The van der Waals surface area contributed by atoms with Crippen LogP contribution < -0.4 is 0 Å². The molecule has 1 N–H and O–H groups in total. The number of rotatable bonds is 3. The Kier molecular flexibility index (Phi) is 4.15. The van der Waals surface area contributed by atoms with Crippen LogP contribution >= 0.6 is 0 Å². The summed E-state index contributed by atoms with van der Waals surface area (Å²) in [5.74, 6) is 0.249. The Labute approximate surface area is 106 Å². The predicted octanol–water partition coefficient (Wildman–Crippen LogP) is 1.29. The second-order valence-corrected chi connectivity index (χ2v) is 4.63. The van der Waals surface area contributed by atoms with Gasteiger partial charge >= 0.3 is 0 Å². The summed E-state index contributed by atoms with van der Waals surface area (Å²) in [6.45, 7) is 2.24. The van der Waals surface area contributed by atoms with Crippen LogP contribution in [0.2, 0.25) is 0 Å². The molecule has 0 spiro atoms. The number of carbonyl (C=O) groups excluding carboxylic acids is 1. The second kappa shape index (κ2) is 5.82. The van der Waals surface area contributed by atoms with E-state index in [9.17, 15) is 9.90 Å². The fourth-order valence-corrected chi connectivity index (χ4v) is 2.17. The quantitative estimate of drug-likeness (QED) is 0.878. The third kappa shape index (κ3) is 2.98.